The number of nitrogens with one attached hydrogen (secondary N) is 1. The fraction of sp³-hybridized carbons (Fsp3) is 0.250. The van der Waals surface area contributed by atoms with Gasteiger partial charge >= 0.3 is 0 Å². The number of hydrogen-bond donors (Lipinski definition) is 1. The predicted molar refractivity (Wildman–Crippen MR) is 107 cm³/mol. The molecule has 0 aliphatic carbocycles. The van der Waals surface area contributed by atoms with Gasteiger partial charge in [-0.05, 0) is 29.8 Å². The molecule has 0 radical (unpaired) electrons. The Kier molecular flexibility index (Phi) is 4.68. The van der Waals surface area contributed by atoms with Crippen LogP contribution in [0.2, 0.25) is 0 Å². The van der Waals surface area contributed by atoms with Crippen LogP contribution >= 0.6 is 12.4 Å². The van der Waals surface area contributed by atoms with Crippen molar-refractivity contribution in [1.29, 1.82) is 0 Å². The van der Waals surface area contributed by atoms with Crippen molar-refractivity contribution < 1.29 is 9.53 Å². The molecule has 3 heterocycles. The van der Waals surface area contributed by atoms with E-state index in [0.717, 1.165) is 59.8 Å². The summed E-state index contributed by atoms with van der Waals surface area (Å²) >= 11 is 0. The number of fused-ring (bicyclic) bond motifs is 2. The van der Waals surface area contributed by atoms with Gasteiger partial charge in [0.1, 0.15) is 12.2 Å². The second-order valence-electron chi connectivity index (χ2n) is 6.57. The Hall–Kier alpha value is -2.70. The van der Waals surface area contributed by atoms with Gasteiger partial charge in [0, 0.05) is 29.9 Å². The average Bonchev–Trinajstić information content (AvgIpc) is 3.03. The summed E-state index contributed by atoms with van der Waals surface area (Å²) in [5.74, 6) is -0.445. The summed E-state index contributed by atoms with van der Waals surface area (Å²) in [6.45, 7) is 3.19. The van der Waals surface area contributed by atoms with Crippen molar-refractivity contribution in [3.8, 4) is 0 Å². The number of rotatable bonds is 2. The number of aromatic nitrogens is 2. The molecule has 1 fully saturated rings. The van der Waals surface area contributed by atoms with E-state index in [1.807, 2.05) is 30.3 Å². The van der Waals surface area contributed by atoms with Crippen molar-refractivity contribution in [1.82, 2.24) is 9.97 Å². The highest BCUT2D eigenvalue weighted by molar-refractivity contribution is 6.06. The maximum absolute atomic E-state index is 12.7. The van der Waals surface area contributed by atoms with Gasteiger partial charge in [-0.2, -0.15) is 0 Å². The molecular weight excluding hydrogens is 364 g/mol. The average molecular weight is 383 g/mol. The Balaban J connectivity index is 0.00000180. The summed E-state index contributed by atoms with van der Waals surface area (Å²) in [6.07, 6.45) is 1.54. The Bertz CT molecular complexity index is 1000. The molecule has 5 rings (SSSR count). The number of anilines is 2. The van der Waals surface area contributed by atoms with Gasteiger partial charge in [-0.15, -0.1) is 12.4 Å². The number of hydrogen-bond acceptors (Lipinski definition) is 5. The number of carbonyl (C=O) groups is 1. The number of benzene rings is 2. The van der Waals surface area contributed by atoms with Crippen LogP contribution in [0.15, 0.2) is 48.8 Å². The molecule has 2 aliphatic heterocycles. The fourth-order valence-electron chi connectivity index (χ4n) is 3.79. The number of para-hydroxylation sites is 1. The molecular formula is C20H19ClN4O2. The number of amides is 1. The minimum Gasteiger partial charge on any atom is -0.378 e. The highest BCUT2D eigenvalue weighted by atomic mass is 35.5. The van der Waals surface area contributed by atoms with Crippen LogP contribution in [0, 0.1) is 0 Å². The van der Waals surface area contributed by atoms with Gasteiger partial charge in [-0.25, -0.2) is 9.97 Å². The molecule has 3 aromatic rings. The van der Waals surface area contributed by atoms with Crippen LogP contribution in [0.4, 0.5) is 11.4 Å². The quantitative estimate of drug-likeness (QED) is 0.738. The predicted octanol–water partition coefficient (Wildman–Crippen LogP) is 2.97. The lowest BCUT2D eigenvalue weighted by molar-refractivity contribution is -0.116. The number of morpholine rings is 1. The summed E-state index contributed by atoms with van der Waals surface area (Å²) in [5, 5.41) is 3.89. The molecule has 0 spiro atoms. The number of nitrogens with zero attached hydrogens (tertiary/aromatic N) is 3. The van der Waals surface area contributed by atoms with Crippen molar-refractivity contribution in [3.05, 3.63) is 60.0 Å². The van der Waals surface area contributed by atoms with Gasteiger partial charge in [0.25, 0.3) is 0 Å². The van der Waals surface area contributed by atoms with Crippen molar-refractivity contribution >= 4 is 40.6 Å². The van der Waals surface area contributed by atoms with Crippen molar-refractivity contribution in [2.24, 2.45) is 0 Å². The van der Waals surface area contributed by atoms with Crippen LogP contribution in [0.3, 0.4) is 0 Å². The molecule has 2 aromatic carbocycles. The maximum Gasteiger partial charge on any atom is 0.238 e. The lowest BCUT2D eigenvalue weighted by atomic mass is 9.94. The molecule has 2 aliphatic rings. The first kappa shape index (κ1) is 17.7. The van der Waals surface area contributed by atoms with E-state index in [2.05, 4.69) is 32.3 Å². The Labute approximate surface area is 163 Å². The first-order valence-electron chi connectivity index (χ1n) is 8.78. The monoisotopic (exact) mass is 382 g/mol. The summed E-state index contributed by atoms with van der Waals surface area (Å²) < 4.78 is 5.45. The zero-order valence-corrected chi connectivity index (χ0v) is 15.4. The molecule has 1 aromatic heterocycles. The van der Waals surface area contributed by atoms with Gasteiger partial charge < -0.3 is 15.0 Å². The second kappa shape index (κ2) is 7.13. The van der Waals surface area contributed by atoms with Gasteiger partial charge in [0.05, 0.1) is 24.4 Å². The molecule has 1 unspecified atom stereocenters. The normalized spacial score (nSPS) is 18.7. The Morgan fingerprint density at radius 1 is 1.07 bits per heavy atom. The summed E-state index contributed by atoms with van der Waals surface area (Å²) in [4.78, 5) is 23.9. The zero-order valence-electron chi connectivity index (χ0n) is 14.6. The van der Waals surface area contributed by atoms with Crippen LogP contribution in [0.5, 0.6) is 0 Å². The summed E-state index contributed by atoms with van der Waals surface area (Å²) in [5.41, 5.74) is 4.55. The minimum atomic E-state index is -0.406. The molecule has 0 saturated carbocycles. The molecule has 1 saturated heterocycles. The first-order valence-corrected chi connectivity index (χ1v) is 8.78. The summed E-state index contributed by atoms with van der Waals surface area (Å²) in [6, 6.07) is 14.0. The van der Waals surface area contributed by atoms with E-state index in [1.165, 1.54) is 0 Å². The molecule has 27 heavy (non-hydrogen) atoms. The van der Waals surface area contributed by atoms with Crippen LogP contribution < -0.4 is 10.2 Å². The van der Waals surface area contributed by atoms with E-state index in [0.29, 0.717) is 0 Å². The van der Waals surface area contributed by atoms with Crippen molar-refractivity contribution in [2.75, 3.05) is 36.5 Å². The smallest absolute Gasteiger partial charge is 0.238 e. The maximum atomic E-state index is 12.7. The zero-order chi connectivity index (χ0) is 17.5. The number of carbonyl (C=O) groups excluding carboxylic acids is 1. The van der Waals surface area contributed by atoms with E-state index in [-0.39, 0.29) is 18.3 Å². The highest BCUT2D eigenvalue weighted by Gasteiger charge is 2.34. The van der Waals surface area contributed by atoms with Crippen LogP contribution in [0.1, 0.15) is 17.2 Å². The Morgan fingerprint density at radius 3 is 2.74 bits per heavy atom. The number of ether oxygens (including phenoxy) is 1. The van der Waals surface area contributed by atoms with Crippen molar-refractivity contribution in [2.45, 2.75) is 5.92 Å². The van der Waals surface area contributed by atoms with Gasteiger partial charge in [-0.1, -0.05) is 18.2 Å². The van der Waals surface area contributed by atoms with Gasteiger partial charge in [0.2, 0.25) is 5.91 Å². The molecule has 7 heteroatoms. The van der Waals surface area contributed by atoms with Gasteiger partial charge in [0.15, 0.2) is 0 Å². The lowest BCUT2D eigenvalue weighted by Crippen LogP contribution is -2.36. The lowest BCUT2D eigenvalue weighted by Gasteiger charge is -2.29. The standard InChI is InChI=1S/C20H18N4O2.ClH/c25-20-18(14-3-1-2-4-17(14)23-20)19-15-11-13(24-7-9-26-10-8-24)5-6-16(15)21-12-22-19;/h1-6,11-12,18H,7-10H2,(H,23,25);1H. The van der Waals surface area contributed by atoms with E-state index < -0.39 is 5.92 Å². The Morgan fingerprint density at radius 2 is 1.89 bits per heavy atom. The largest absolute Gasteiger partial charge is 0.378 e. The van der Waals surface area contributed by atoms with Gasteiger partial charge in [-0.3, -0.25) is 4.79 Å². The second-order valence-corrected chi connectivity index (χ2v) is 6.57. The minimum absolute atomic E-state index is 0. The first-order chi connectivity index (χ1) is 12.8. The van der Waals surface area contributed by atoms with Crippen molar-refractivity contribution in [3.63, 3.8) is 0 Å². The summed E-state index contributed by atoms with van der Waals surface area (Å²) in [7, 11) is 0. The SMILES string of the molecule is Cl.O=C1Nc2ccccc2C1c1ncnc2ccc(N3CCOCC3)cc12. The van der Waals surface area contributed by atoms with Crippen LogP contribution in [-0.4, -0.2) is 42.2 Å². The van der Waals surface area contributed by atoms with Crippen LogP contribution in [-0.2, 0) is 9.53 Å². The number of halogens is 1. The fourth-order valence-corrected chi connectivity index (χ4v) is 3.79. The third kappa shape index (κ3) is 3.01. The third-order valence-corrected chi connectivity index (χ3v) is 5.09. The van der Waals surface area contributed by atoms with E-state index >= 15 is 0 Å². The molecule has 138 valence electrons. The molecule has 1 atom stereocenters. The molecule has 6 nitrogen and oxygen atoms in total. The van der Waals surface area contributed by atoms with E-state index in [1.54, 1.807) is 6.33 Å². The molecule has 0 bridgehead atoms. The molecule has 1 N–H and O–H groups in total. The highest BCUT2D eigenvalue weighted by Crippen LogP contribution is 2.38. The molecule has 1 amide bonds. The van der Waals surface area contributed by atoms with E-state index in [4.69, 9.17) is 4.74 Å². The van der Waals surface area contributed by atoms with Crippen LogP contribution in [0.25, 0.3) is 10.9 Å². The van der Waals surface area contributed by atoms with E-state index in [9.17, 15) is 4.79 Å². The topological polar surface area (TPSA) is 67.4 Å². The third-order valence-electron chi connectivity index (χ3n) is 5.09.